The summed E-state index contributed by atoms with van der Waals surface area (Å²) in [5.74, 6) is -0.765. The third-order valence-electron chi connectivity index (χ3n) is 7.80. The molecule has 0 saturated carbocycles. The zero-order valence-electron chi connectivity index (χ0n) is 27.0. The van der Waals surface area contributed by atoms with Crippen molar-refractivity contribution in [2.45, 2.75) is 53.1 Å². The molecule has 0 spiro atoms. The molecular formula is C34H34O4S6Si2. The first-order valence-electron chi connectivity index (χ1n) is 15.2. The highest BCUT2D eigenvalue weighted by atomic mass is 32.1. The van der Waals surface area contributed by atoms with Crippen molar-refractivity contribution in [1.29, 1.82) is 0 Å². The molecule has 238 valence electrons. The summed E-state index contributed by atoms with van der Waals surface area (Å²) in [6, 6.07) is 12.8. The number of esters is 2. The molecule has 4 nitrogen and oxygen atoms in total. The lowest BCUT2D eigenvalue weighted by Gasteiger charge is -2.14. The van der Waals surface area contributed by atoms with E-state index in [-0.39, 0.29) is 25.2 Å². The normalized spacial score (nSPS) is 12.7. The minimum Gasteiger partial charge on any atom is -0.462 e. The van der Waals surface area contributed by atoms with Crippen molar-refractivity contribution in [3.05, 3.63) is 47.5 Å². The van der Waals surface area contributed by atoms with E-state index in [9.17, 15) is 9.59 Å². The molecule has 1 aromatic carbocycles. The summed E-state index contributed by atoms with van der Waals surface area (Å²) in [6.45, 7) is 18.5. The third-order valence-corrected chi connectivity index (χ3v) is 22.6. The van der Waals surface area contributed by atoms with Gasteiger partial charge in [-0.1, -0.05) is 39.3 Å². The Labute approximate surface area is 294 Å². The number of hydrogen-bond donors (Lipinski definition) is 0. The zero-order valence-corrected chi connectivity index (χ0v) is 33.9. The van der Waals surface area contributed by atoms with E-state index in [1.165, 1.54) is 46.6 Å². The molecule has 6 heterocycles. The number of hydrogen-bond acceptors (Lipinski definition) is 10. The van der Waals surface area contributed by atoms with Crippen LogP contribution in [0.1, 0.15) is 34.6 Å². The van der Waals surface area contributed by atoms with E-state index in [4.69, 9.17) is 9.47 Å². The average molecular weight is 755 g/mol. The zero-order chi connectivity index (χ0) is 32.7. The molecule has 6 aromatic heterocycles. The molecule has 0 bridgehead atoms. The van der Waals surface area contributed by atoms with Gasteiger partial charge in [0.1, 0.15) is 0 Å². The van der Waals surface area contributed by atoms with E-state index < -0.39 is 16.1 Å². The van der Waals surface area contributed by atoms with Crippen molar-refractivity contribution in [1.82, 2.24) is 0 Å². The first-order chi connectivity index (χ1) is 21.8. The quantitative estimate of drug-likeness (QED) is 0.114. The molecule has 0 saturated heterocycles. The van der Waals surface area contributed by atoms with Crippen LogP contribution in [0.15, 0.2) is 36.4 Å². The van der Waals surface area contributed by atoms with Crippen LogP contribution in [0.5, 0.6) is 0 Å². The highest BCUT2D eigenvalue weighted by molar-refractivity contribution is 7.43. The molecular weight excluding hydrogens is 721 g/mol. The number of carbonyl (C=O) groups excluding carboxylic acids is 2. The predicted octanol–water partition coefficient (Wildman–Crippen LogP) is 11.4. The summed E-state index contributed by atoms with van der Waals surface area (Å²) in [5.41, 5.74) is 2.38. The van der Waals surface area contributed by atoms with Gasteiger partial charge in [-0.05, 0) is 59.2 Å². The number of thiophene rings is 6. The van der Waals surface area contributed by atoms with Crippen LogP contribution in [-0.2, 0) is 9.47 Å². The molecule has 0 aliphatic carbocycles. The Balaban J connectivity index is 1.42. The Morgan fingerprint density at radius 3 is 1.22 bits per heavy atom. The van der Waals surface area contributed by atoms with Crippen LogP contribution in [0.4, 0.5) is 0 Å². The second kappa shape index (κ2) is 11.8. The molecule has 0 radical (unpaired) electrons. The largest absolute Gasteiger partial charge is 0.462 e. The van der Waals surface area contributed by atoms with Gasteiger partial charge in [0.15, 0.2) is 0 Å². The van der Waals surface area contributed by atoms with Crippen LogP contribution < -0.4 is 9.00 Å². The van der Waals surface area contributed by atoms with Gasteiger partial charge in [0.05, 0.1) is 59.3 Å². The molecule has 0 aliphatic heterocycles. The van der Waals surface area contributed by atoms with Gasteiger partial charge in [-0.3, -0.25) is 0 Å². The van der Waals surface area contributed by atoms with Gasteiger partial charge in [-0.25, -0.2) is 9.59 Å². The minimum absolute atomic E-state index is 0.270. The highest BCUT2D eigenvalue weighted by Gasteiger charge is 2.28. The van der Waals surface area contributed by atoms with Gasteiger partial charge in [-0.2, -0.15) is 0 Å². The van der Waals surface area contributed by atoms with Crippen LogP contribution in [0.2, 0.25) is 39.3 Å². The summed E-state index contributed by atoms with van der Waals surface area (Å²) >= 11 is 10.8. The number of carbonyl (C=O) groups is 2. The molecule has 7 rings (SSSR count). The van der Waals surface area contributed by atoms with Gasteiger partial charge in [0.2, 0.25) is 0 Å². The lowest BCUT2D eigenvalue weighted by Crippen LogP contribution is -2.34. The fraction of sp³-hybridized carbons (Fsp3) is 0.294. The van der Waals surface area contributed by atoms with Gasteiger partial charge >= 0.3 is 11.9 Å². The van der Waals surface area contributed by atoms with E-state index >= 15 is 0 Å². The van der Waals surface area contributed by atoms with E-state index in [1.54, 1.807) is 45.3 Å². The number of benzene rings is 1. The molecule has 7 aromatic rings. The summed E-state index contributed by atoms with van der Waals surface area (Å²) < 4.78 is 24.4. The van der Waals surface area contributed by atoms with Crippen LogP contribution in [0.25, 0.3) is 58.5 Å². The first-order valence-corrected chi connectivity index (χ1v) is 27.1. The standard InChI is InChI=1S/C34H34O4S6Si2/c1-9-37-33(35)19-11-18(22-14-24-30(42-22)32-26(40-24)16-28(44-32)46(6,7)8)20(34(36)38-10-2)12-17(19)21-13-23-29(41-21)31-25(39-23)15-27(43-31)45(3,4)5/h11-16H,9-10H2,1-8H3. The summed E-state index contributed by atoms with van der Waals surface area (Å²) in [7, 11) is -2.87. The fourth-order valence-corrected chi connectivity index (χ4v) is 17.5. The van der Waals surface area contributed by atoms with E-state index in [2.05, 4.69) is 63.5 Å². The number of ether oxygens (including phenoxy) is 2. The smallest absolute Gasteiger partial charge is 0.338 e. The molecule has 0 N–H and O–H groups in total. The van der Waals surface area contributed by atoms with Gasteiger partial charge in [0.25, 0.3) is 0 Å². The molecule has 12 heteroatoms. The summed E-state index contributed by atoms with van der Waals surface area (Å²) in [4.78, 5) is 29.1. The lowest BCUT2D eigenvalue weighted by atomic mass is 9.96. The predicted molar refractivity (Wildman–Crippen MR) is 212 cm³/mol. The second-order valence-corrected chi connectivity index (χ2v) is 30.5. The number of rotatable bonds is 8. The van der Waals surface area contributed by atoms with Gasteiger partial charge < -0.3 is 9.47 Å². The first kappa shape index (κ1) is 32.4. The Kier molecular flexibility index (Phi) is 8.28. The SMILES string of the molecule is CCOC(=O)c1cc(-c2cc3sc4cc([Si](C)(C)C)sc4c3s2)c(C(=O)OCC)cc1-c1cc2sc3cc([Si](C)(C)C)sc3c2s1. The Morgan fingerprint density at radius 1 is 0.522 bits per heavy atom. The Bertz CT molecular complexity index is 2150. The van der Waals surface area contributed by atoms with Crippen molar-refractivity contribution in [3.8, 4) is 20.9 Å². The fourth-order valence-electron chi connectivity index (χ4n) is 5.44. The maximum atomic E-state index is 13.6. The van der Waals surface area contributed by atoms with Gasteiger partial charge in [0, 0.05) is 39.7 Å². The monoisotopic (exact) mass is 754 g/mol. The number of fused-ring (bicyclic) bond motifs is 6. The van der Waals surface area contributed by atoms with Gasteiger partial charge in [-0.15, -0.1) is 68.0 Å². The van der Waals surface area contributed by atoms with Crippen LogP contribution >= 0.6 is 68.0 Å². The molecule has 0 fully saturated rings. The molecule has 0 aliphatic rings. The van der Waals surface area contributed by atoms with Crippen molar-refractivity contribution in [2.75, 3.05) is 13.2 Å². The van der Waals surface area contributed by atoms with Crippen LogP contribution in [0.3, 0.4) is 0 Å². The van der Waals surface area contributed by atoms with Crippen molar-refractivity contribution < 1.29 is 19.1 Å². The van der Waals surface area contributed by atoms with Crippen molar-refractivity contribution in [2.24, 2.45) is 0 Å². The lowest BCUT2D eigenvalue weighted by molar-refractivity contribution is 0.0513. The summed E-state index contributed by atoms with van der Waals surface area (Å²) in [5, 5.41) is 0. The Morgan fingerprint density at radius 2 is 0.870 bits per heavy atom. The maximum absolute atomic E-state index is 13.6. The van der Waals surface area contributed by atoms with Crippen LogP contribution in [-0.4, -0.2) is 41.3 Å². The summed E-state index contributed by atoms with van der Waals surface area (Å²) in [6.07, 6.45) is 0. The molecule has 0 amide bonds. The van der Waals surface area contributed by atoms with E-state index in [0.29, 0.717) is 22.3 Å². The second-order valence-electron chi connectivity index (χ2n) is 13.3. The van der Waals surface area contributed by atoms with E-state index in [0.717, 1.165) is 9.75 Å². The molecule has 0 unspecified atom stereocenters. The minimum atomic E-state index is -1.43. The van der Waals surface area contributed by atoms with Crippen LogP contribution in [0, 0.1) is 0 Å². The van der Waals surface area contributed by atoms with Crippen molar-refractivity contribution >= 4 is 143 Å². The Hall–Kier alpha value is -2.17. The third kappa shape index (κ3) is 5.58. The maximum Gasteiger partial charge on any atom is 0.338 e. The van der Waals surface area contributed by atoms with Crippen molar-refractivity contribution in [3.63, 3.8) is 0 Å². The van der Waals surface area contributed by atoms with E-state index in [1.807, 2.05) is 48.7 Å². The highest BCUT2D eigenvalue weighted by Crippen LogP contribution is 2.49. The molecule has 46 heavy (non-hydrogen) atoms. The topological polar surface area (TPSA) is 52.6 Å². The average Bonchev–Trinajstić information content (AvgIpc) is 3.79. The molecule has 0 atom stereocenters.